The Balaban J connectivity index is 2.50. The number of nitrogens with zero attached hydrogens (tertiary/aromatic N) is 2. The van der Waals surface area contributed by atoms with Crippen LogP contribution in [0.15, 0.2) is 18.3 Å². The minimum atomic E-state index is -0.989. The summed E-state index contributed by atoms with van der Waals surface area (Å²) in [6.45, 7) is 2.41. The molecule has 1 unspecified atom stereocenters. The first-order chi connectivity index (χ1) is 9.56. The quantitative estimate of drug-likeness (QED) is 0.844. The molecule has 20 heavy (non-hydrogen) atoms. The average Bonchev–Trinajstić information content (AvgIpc) is 2.91. The van der Waals surface area contributed by atoms with Gasteiger partial charge in [-0.3, -0.25) is 0 Å². The lowest BCUT2D eigenvalue weighted by Crippen LogP contribution is -2.51. The fraction of sp³-hybridized carbons (Fsp3) is 0.500. The molecule has 0 bridgehead atoms. The topological polar surface area (TPSA) is 79.7 Å². The first kappa shape index (κ1) is 14.3. The Labute approximate surface area is 117 Å². The second-order valence-electron chi connectivity index (χ2n) is 4.81. The van der Waals surface area contributed by atoms with Gasteiger partial charge in [0.05, 0.1) is 7.11 Å². The van der Waals surface area contributed by atoms with Gasteiger partial charge in [0.25, 0.3) is 0 Å². The maximum absolute atomic E-state index is 11.8. The minimum Gasteiger partial charge on any atom is -0.479 e. The Morgan fingerprint density at radius 2 is 2.30 bits per heavy atom. The van der Waals surface area contributed by atoms with Crippen molar-refractivity contribution in [1.82, 2.24) is 4.98 Å². The van der Waals surface area contributed by atoms with Crippen LogP contribution in [-0.4, -0.2) is 41.2 Å². The number of rotatable bonds is 4. The minimum absolute atomic E-state index is 0.302. The van der Waals surface area contributed by atoms with E-state index in [1.165, 1.54) is 7.11 Å². The molecule has 0 saturated carbocycles. The molecule has 1 aliphatic rings. The fourth-order valence-electron chi connectivity index (χ4n) is 2.81. The average molecular weight is 278 g/mol. The van der Waals surface area contributed by atoms with Crippen LogP contribution in [0, 0.1) is 0 Å². The maximum Gasteiger partial charge on any atom is 0.341 e. The highest BCUT2D eigenvalue weighted by Crippen LogP contribution is 2.37. The van der Waals surface area contributed by atoms with Crippen LogP contribution in [0.2, 0.25) is 0 Å². The van der Waals surface area contributed by atoms with Crippen LogP contribution < -0.4 is 4.90 Å². The number of methoxy groups -OCH3 is 1. The standard InChI is InChI=1S/C14H18N2O4/c1-3-14(13(18)19)7-5-9-16(14)11-10(12(17)20-2)6-4-8-15-11/h4,6,8H,3,5,7,9H2,1-2H3,(H,18,19). The summed E-state index contributed by atoms with van der Waals surface area (Å²) >= 11 is 0. The predicted octanol–water partition coefficient (Wildman–Crippen LogP) is 1.70. The van der Waals surface area contributed by atoms with Crippen molar-refractivity contribution in [3.63, 3.8) is 0 Å². The van der Waals surface area contributed by atoms with E-state index in [1.807, 2.05) is 6.92 Å². The van der Waals surface area contributed by atoms with Gasteiger partial charge in [0.15, 0.2) is 0 Å². The largest absolute Gasteiger partial charge is 0.479 e. The van der Waals surface area contributed by atoms with Crippen LogP contribution in [0.4, 0.5) is 5.82 Å². The third kappa shape index (κ3) is 2.11. The van der Waals surface area contributed by atoms with E-state index >= 15 is 0 Å². The van der Waals surface area contributed by atoms with Crippen LogP contribution in [0.25, 0.3) is 0 Å². The summed E-state index contributed by atoms with van der Waals surface area (Å²) in [6, 6.07) is 3.25. The highest BCUT2D eigenvalue weighted by molar-refractivity contribution is 5.96. The number of carboxylic acids is 1. The summed E-state index contributed by atoms with van der Waals surface area (Å²) in [7, 11) is 1.30. The summed E-state index contributed by atoms with van der Waals surface area (Å²) in [5.41, 5.74) is -0.687. The monoisotopic (exact) mass is 278 g/mol. The lowest BCUT2D eigenvalue weighted by molar-refractivity contribution is -0.143. The van der Waals surface area contributed by atoms with Crippen LogP contribution in [-0.2, 0) is 9.53 Å². The van der Waals surface area contributed by atoms with Crippen LogP contribution in [0.3, 0.4) is 0 Å². The number of carbonyl (C=O) groups excluding carboxylic acids is 1. The molecule has 0 aromatic carbocycles. The van der Waals surface area contributed by atoms with Crippen molar-refractivity contribution < 1.29 is 19.4 Å². The zero-order valence-electron chi connectivity index (χ0n) is 11.6. The van der Waals surface area contributed by atoms with E-state index in [1.54, 1.807) is 23.2 Å². The molecule has 108 valence electrons. The molecular weight excluding hydrogens is 260 g/mol. The maximum atomic E-state index is 11.8. The molecule has 0 spiro atoms. The molecule has 6 heteroatoms. The second-order valence-corrected chi connectivity index (χ2v) is 4.81. The van der Waals surface area contributed by atoms with E-state index in [9.17, 15) is 14.7 Å². The normalized spacial score (nSPS) is 21.8. The molecule has 6 nitrogen and oxygen atoms in total. The molecule has 1 aromatic rings. The molecule has 0 amide bonds. The molecule has 1 fully saturated rings. The van der Waals surface area contributed by atoms with Gasteiger partial charge in [-0.2, -0.15) is 0 Å². The van der Waals surface area contributed by atoms with Gasteiger partial charge in [0, 0.05) is 12.7 Å². The van der Waals surface area contributed by atoms with Crippen LogP contribution in [0.1, 0.15) is 36.5 Å². The lowest BCUT2D eigenvalue weighted by atomic mass is 9.92. The third-order valence-corrected chi connectivity index (χ3v) is 3.92. The predicted molar refractivity (Wildman–Crippen MR) is 72.8 cm³/mol. The van der Waals surface area contributed by atoms with Crippen LogP contribution >= 0.6 is 0 Å². The number of pyridine rings is 1. The van der Waals surface area contributed by atoms with E-state index in [4.69, 9.17) is 4.74 Å². The summed E-state index contributed by atoms with van der Waals surface area (Å²) < 4.78 is 4.75. The zero-order chi connectivity index (χ0) is 14.8. The fourth-order valence-corrected chi connectivity index (χ4v) is 2.81. The van der Waals surface area contributed by atoms with Crippen molar-refractivity contribution in [2.45, 2.75) is 31.7 Å². The number of anilines is 1. The SMILES string of the molecule is CCC1(C(=O)O)CCCN1c1ncccc1C(=O)OC. The van der Waals surface area contributed by atoms with E-state index < -0.39 is 17.5 Å². The van der Waals surface area contributed by atoms with Crippen molar-refractivity contribution in [2.75, 3.05) is 18.6 Å². The Bertz CT molecular complexity index is 532. The van der Waals surface area contributed by atoms with Crippen LogP contribution in [0.5, 0.6) is 0 Å². The van der Waals surface area contributed by atoms with E-state index in [-0.39, 0.29) is 0 Å². The Hall–Kier alpha value is -2.11. The van der Waals surface area contributed by atoms with Gasteiger partial charge < -0.3 is 14.7 Å². The molecule has 1 N–H and O–H groups in total. The van der Waals surface area contributed by atoms with Gasteiger partial charge in [-0.15, -0.1) is 0 Å². The smallest absolute Gasteiger partial charge is 0.341 e. The highest BCUT2D eigenvalue weighted by atomic mass is 16.5. The molecule has 1 aromatic heterocycles. The third-order valence-electron chi connectivity index (χ3n) is 3.92. The van der Waals surface area contributed by atoms with Crippen molar-refractivity contribution >= 4 is 17.8 Å². The van der Waals surface area contributed by atoms with E-state index in [0.29, 0.717) is 30.8 Å². The molecule has 2 rings (SSSR count). The highest BCUT2D eigenvalue weighted by Gasteiger charge is 2.47. The van der Waals surface area contributed by atoms with Gasteiger partial charge in [-0.1, -0.05) is 6.92 Å². The van der Waals surface area contributed by atoms with Gasteiger partial charge in [0.2, 0.25) is 0 Å². The molecule has 1 saturated heterocycles. The van der Waals surface area contributed by atoms with Crippen molar-refractivity contribution in [3.05, 3.63) is 23.9 Å². The molecule has 0 aliphatic carbocycles. The number of aromatic nitrogens is 1. The molecule has 0 radical (unpaired) electrons. The van der Waals surface area contributed by atoms with E-state index in [2.05, 4.69) is 4.98 Å². The van der Waals surface area contributed by atoms with Gasteiger partial charge >= 0.3 is 11.9 Å². The second kappa shape index (κ2) is 5.48. The number of carbonyl (C=O) groups is 2. The number of ether oxygens (including phenoxy) is 1. The Morgan fingerprint density at radius 1 is 1.55 bits per heavy atom. The van der Waals surface area contributed by atoms with E-state index in [0.717, 1.165) is 6.42 Å². The molecule has 1 atom stereocenters. The van der Waals surface area contributed by atoms with Crippen molar-refractivity contribution in [1.29, 1.82) is 0 Å². The Morgan fingerprint density at radius 3 is 2.90 bits per heavy atom. The van der Waals surface area contributed by atoms with Gasteiger partial charge in [0.1, 0.15) is 16.9 Å². The molecule has 1 aliphatic heterocycles. The zero-order valence-corrected chi connectivity index (χ0v) is 11.6. The number of esters is 1. The van der Waals surface area contributed by atoms with Crippen molar-refractivity contribution in [2.24, 2.45) is 0 Å². The van der Waals surface area contributed by atoms with Crippen molar-refractivity contribution in [3.8, 4) is 0 Å². The lowest BCUT2D eigenvalue weighted by Gasteiger charge is -2.35. The summed E-state index contributed by atoms with van der Waals surface area (Å²) in [4.78, 5) is 29.5. The number of aliphatic carboxylic acids is 1. The summed E-state index contributed by atoms with van der Waals surface area (Å²) in [5, 5.41) is 9.60. The molecular formula is C14H18N2O4. The number of carboxylic acid groups (broad SMARTS) is 1. The van der Waals surface area contributed by atoms with Gasteiger partial charge in [-0.05, 0) is 31.4 Å². The first-order valence-electron chi connectivity index (χ1n) is 6.61. The summed E-state index contributed by atoms with van der Waals surface area (Å²) in [5.74, 6) is -0.990. The number of hydrogen-bond donors (Lipinski definition) is 1. The van der Waals surface area contributed by atoms with Gasteiger partial charge in [-0.25, -0.2) is 14.6 Å². The number of hydrogen-bond acceptors (Lipinski definition) is 5. The summed E-state index contributed by atoms with van der Waals surface area (Å²) in [6.07, 6.45) is 3.33. The Kier molecular flexibility index (Phi) is 3.92. The first-order valence-corrected chi connectivity index (χ1v) is 6.61. The molecule has 2 heterocycles.